The van der Waals surface area contributed by atoms with Crippen LogP contribution in [-0.2, 0) is 4.79 Å². The van der Waals surface area contributed by atoms with Crippen LogP contribution in [0, 0.1) is 5.41 Å². The van der Waals surface area contributed by atoms with Crippen molar-refractivity contribution < 1.29 is 9.90 Å². The first-order chi connectivity index (χ1) is 6.97. The summed E-state index contributed by atoms with van der Waals surface area (Å²) in [4.78, 5) is 13.8. The van der Waals surface area contributed by atoms with E-state index in [2.05, 4.69) is 4.99 Å². The quantitative estimate of drug-likeness (QED) is 0.313. The van der Waals surface area contributed by atoms with Crippen molar-refractivity contribution in [3.8, 4) is 0 Å². The van der Waals surface area contributed by atoms with Crippen molar-refractivity contribution >= 4 is 28.6 Å². The summed E-state index contributed by atoms with van der Waals surface area (Å²) in [5.74, 6) is -1.83. The third kappa shape index (κ3) is 6.92. The van der Waals surface area contributed by atoms with Crippen LogP contribution in [0.1, 0.15) is 26.2 Å². The number of hydrogen-bond donors (Lipinski definition) is 4. The fourth-order valence-corrected chi connectivity index (χ4v) is 1.48. The smallest absolute Gasteiger partial charge is 0.371 e. The zero-order chi connectivity index (χ0) is 11.8. The topological polar surface area (TPSA) is 126 Å². The van der Waals surface area contributed by atoms with Crippen molar-refractivity contribution in [2.24, 2.45) is 16.5 Å². The van der Waals surface area contributed by atoms with Crippen molar-refractivity contribution in [3.63, 3.8) is 0 Å². The molecule has 15 heavy (non-hydrogen) atoms. The number of aliphatic imine (C=N–C) groups is 1. The molecule has 7 heteroatoms. The Bertz CT molecular complexity index is 267. The lowest BCUT2D eigenvalue weighted by atomic mass is 10.3. The van der Waals surface area contributed by atoms with Gasteiger partial charge in [-0.15, -0.1) is 0 Å². The molecular weight excluding hydrogens is 216 g/mol. The van der Waals surface area contributed by atoms with Crippen LogP contribution in [-0.4, -0.2) is 27.5 Å². The van der Waals surface area contributed by atoms with Crippen LogP contribution in [0.25, 0.3) is 0 Å². The van der Waals surface area contributed by atoms with Gasteiger partial charge in [-0.1, -0.05) is 25.1 Å². The second-order valence-electron chi connectivity index (χ2n) is 2.85. The summed E-state index contributed by atoms with van der Waals surface area (Å²) in [5, 5.41) is 16.3. The maximum Gasteiger partial charge on any atom is 0.371 e. The molecule has 86 valence electrons. The molecule has 0 aliphatic carbocycles. The Hall–Kier alpha value is -1.08. The first-order valence-electron chi connectivity index (χ1n) is 4.53. The molecule has 0 radical (unpaired) electrons. The van der Waals surface area contributed by atoms with E-state index >= 15 is 0 Å². The van der Waals surface area contributed by atoms with Crippen molar-refractivity contribution in [2.45, 2.75) is 31.7 Å². The van der Waals surface area contributed by atoms with E-state index in [0.29, 0.717) is 11.5 Å². The molecule has 6 nitrogen and oxygen atoms in total. The number of amidine groups is 1. The highest BCUT2D eigenvalue weighted by Crippen LogP contribution is 2.13. The molecule has 0 heterocycles. The third-order valence-electron chi connectivity index (χ3n) is 1.51. The Morgan fingerprint density at radius 3 is 2.73 bits per heavy atom. The molecular formula is C8H16N4O2S. The van der Waals surface area contributed by atoms with Crippen molar-refractivity contribution in [3.05, 3.63) is 0 Å². The van der Waals surface area contributed by atoms with Gasteiger partial charge in [0, 0.05) is 0 Å². The van der Waals surface area contributed by atoms with Gasteiger partial charge in [0.15, 0.2) is 5.50 Å². The van der Waals surface area contributed by atoms with Gasteiger partial charge in [0.25, 0.3) is 0 Å². The van der Waals surface area contributed by atoms with Gasteiger partial charge in [-0.3, -0.25) is 5.41 Å². The van der Waals surface area contributed by atoms with E-state index in [4.69, 9.17) is 22.0 Å². The number of carbonyl (C=O) groups is 1. The molecule has 0 aromatic rings. The molecule has 0 bridgehead atoms. The first-order valence-corrected chi connectivity index (χ1v) is 5.41. The highest BCUT2D eigenvalue weighted by molar-refractivity contribution is 8.14. The minimum atomic E-state index is -1.30. The van der Waals surface area contributed by atoms with Crippen molar-refractivity contribution in [1.82, 2.24) is 0 Å². The van der Waals surface area contributed by atoms with E-state index in [1.54, 1.807) is 0 Å². The van der Waals surface area contributed by atoms with E-state index < -0.39 is 17.3 Å². The molecule has 0 spiro atoms. The number of hydrogen-bond acceptors (Lipinski definition) is 5. The molecule has 0 amide bonds. The average Bonchev–Trinajstić information content (AvgIpc) is 2.14. The summed E-state index contributed by atoms with van der Waals surface area (Å²) in [7, 11) is 0. The minimum absolute atomic E-state index is 0.395. The second kappa shape index (κ2) is 7.24. The van der Waals surface area contributed by atoms with E-state index in [0.717, 1.165) is 24.6 Å². The maximum atomic E-state index is 10.3. The van der Waals surface area contributed by atoms with E-state index in [1.165, 1.54) is 0 Å². The molecule has 0 saturated carbocycles. The number of thioether (sulfide) groups is 1. The summed E-state index contributed by atoms with van der Waals surface area (Å²) in [6.45, 7) is 2.03. The lowest BCUT2D eigenvalue weighted by molar-refractivity contribution is -0.129. The lowest BCUT2D eigenvalue weighted by Crippen LogP contribution is -2.28. The number of rotatable bonds is 5. The third-order valence-corrected chi connectivity index (χ3v) is 2.34. The first kappa shape index (κ1) is 13.9. The van der Waals surface area contributed by atoms with Crippen LogP contribution in [0.5, 0.6) is 0 Å². The van der Waals surface area contributed by atoms with Gasteiger partial charge in [0.05, 0.1) is 5.04 Å². The van der Waals surface area contributed by atoms with Crippen LogP contribution in [0.15, 0.2) is 4.99 Å². The Labute approximate surface area is 92.6 Å². The summed E-state index contributed by atoms with van der Waals surface area (Å²) >= 11 is 1.02. The molecule has 1 unspecified atom stereocenters. The number of unbranched alkanes of at least 4 members (excludes halogenated alkanes) is 1. The number of aliphatic carboxylic acids is 1. The second-order valence-corrected chi connectivity index (χ2v) is 4.07. The van der Waals surface area contributed by atoms with Crippen LogP contribution in [0.3, 0.4) is 0 Å². The van der Waals surface area contributed by atoms with Crippen LogP contribution < -0.4 is 11.5 Å². The molecule has 0 saturated heterocycles. The van der Waals surface area contributed by atoms with Gasteiger partial charge in [-0.2, -0.15) is 0 Å². The molecule has 1 atom stereocenters. The van der Waals surface area contributed by atoms with E-state index in [-0.39, 0.29) is 0 Å². The fraction of sp³-hybridized carbons (Fsp3) is 0.625. The highest BCUT2D eigenvalue weighted by atomic mass is 32.2. The molecule has 0 fully saturated rings. The van der Waals surface area contributed by atoms with Gasteiger partial charge >= 0.3 is 5.97 Å². The Morgan fingerprint density at radius 2 is 2.27 bits per heavy atom. The zero-order valence-corrected chi connectivity index (χ0v) is 9.38. The van der Waals surface area contributed by atoms with Gasteiger partial charge in [-0.25, -0.2) is 9.79 Å². The SMILES string of the molecule is CCCCC(=N)SC(N)/N=C(/N)C(=O)O. The summed E-state index contributed by atoms with van der Waals surface area (Å²) in [6, 6.07) is 0. The Morgan fingerprint density at radius 1 is 1.67 bits per heavy atom. The van der Waals surface area contributed by atoms with Crippen molar-refractivity contribution in [1.29, 1.82) is 5.41 Å². The van der Waals surface area contributed by atoms with E-state index in [1.807, 2.05) is 6.92 Å². The summed E-state index contributed by atoms with van der Waals surface area (Å²) in [6.07, 6.45) is 2.55. The van der Waals surface area contributed by atoms with Gasteiger partial charge in [0.2, 0.25) is 5.84 Å². The fourth-order valence-electron chi connectivity index (χ4n) is 0.761. The highest BCUT2D eigenvalue weighted by Gasteiger charge is 2.09. The minimum Gasteiger partial charge on any atom is -0.475 e. The summed E-state index contributed by atoms with van der Waals surface area (Å²) in [5.41, 5.74) is 9.74. The molecule has 0 aliphatic rings. The van der Waals surface area contributed by atoms with Crippen LogP contribution in [0.2, 0.25) is 0 Å². The zero-order valence-electron chi connectivity index (χ0n) is 8.56. The van der Waals surface area contributed by atoms with E-state index in [9.17, 15) is 4.79 Å². The Balaban J connectivity index is 4.03. The van der Waals surface area contributed by atoms with Crippen LogP contribution in [0.4, 0.5) is 0 Å². The monoisotopic (exact) mass is 232 g/mol. The largest absolute Gasteiger partial charge is 0.475 e. The van der Waals surface area contributed by atoms with Gasteiger partial charge in [0.1, 0.15) is 0 Å². The number of nitrogens with two attached hydrogens (primary N) is 2. The predicted octanol–water partition coefficient (Wildman–Crippen LogP) is 0.571. The lowest BCUT2D eigenvalue weighted by Gasteiger charge is -2.07. The Kier molecular flexibility index (Phi) is 6.72. The molecule has 6 N–H and O–H groups in total. The maximum absolute atomic E-state index is 10.3. The average molecular weight is 232 g/mol. The summed E-state index contributed by atoms with van der Waals surface area (Å²) < 4.78 is 0. The van der Waals surface area contributed by atoms with Crippen LogP contribution >= 0.6 is 11.8 Å². The van der Waals surface area contributed by atoms with Gasteiger partial charge < -0.3 is 16.6 Å². The van der Waals surface area contributed by atoms with Crippen molar-refractivity contribution in [2.75, 3.05) is 0 Å². The number of carboxylic acids is 1. The molecule has 0 rings (SSSR count). The number of carboxylic acid groups (broad SMARTS) is 1. The molecule has 0 aromatic carbocycles. The number of nitrogens with zero attached hydrogens (tertiary/aromatic N) is 1. The predicted molar refractivity (Wildman–Crippen MR) is 62.1 cm³/mol. The molecule has 0 aliphatic heterocycles. The standard InChI is InChI=1S/C8H16N4O2S/c1-2-3-4-5(9)15-8(11)12-6(10)7(13)14/h8-9H,2-4,11H2,1H3,(H2,10,12)(H,13,14). The number of nitrogens with one attached hydrogen (secondary N) is 1. The molecule has 0 aromatic heterocycles. The normalized spacial score (nSPS) is 13.6. The van der Waals surface area contributed by atoms with Gasteiger partial charge in [-0.05, 0) is 12.8 Å².